The van der Waals surface area contributed by atoms with Crippen LogP contribution in [-0.4, -0.2) is 61.5 Å². The Bertz CT molecular complexity index is 309. The molecular formula is C9H13N3O4. The fraction of sp³-hybridized carbons (Fsp3) is 0.667. The van der Waals surface area contributed by atoms with Gasteiger partial charge in [0, 0.05) is 6.54 Å². The lowest BCUT2D eigenvalue weighted by Crippen LogP contribution is -2.59. The molecule has 3 amide bonds. The van der Waals surface area contributed by atoms with Gasteiger partial charge in [0.15, 0.2) is 0 Å². The second-order valence-electron chi connectivity index (χ2n) is 3.75. The SMILES string of the molecule is O=C1CN(C(=O)C2COCCN2)CC(=O)N1. The lowest BCUT2D eigenvalue weighted by Gasteiger charge is -2.31. The molecule has 2 aliphatic heterocycles. The average Bonchev–Trinajstić information content (AvgIpc) is 2.28. The lowest BCUT2D eigenvalue weighted by atomic mass is 10.2. The van der Waals surface area contributed by atoms with Crippen LogP contribution in [0.25, 0.3) is 0 Å². The summed E-state index contributed by atoms with van der Waals surface area (Å²) in [7, 11) is 0. The van der Waals surface area contributed by atoms with Crippen LogP contribution in [0.15, 0.2) is 0 Å². The molecule has 88 valence electrons. The molecule has 2 rings (SSSR count). The van der Waals surface area contributed by atoms with Crippen LogP contribution in [-0.2, 0) is 19.1 Å². The highest BCUT2D eigenvalue weighted by atomic mass is 16.5. The minimum Gasteiger partial charge on any atom is -0.378 e. The van der Waals surface area contributed by atoms with Gasteiger partial charge in [0.2, 0.25) is 17.7 Å². The maximum absolute atomic E-state index is 11.9. The number of nitrogens with one attached hydrogen (secondary N) is 2. The van der Waals surface area contributed by atoms with Gasteiger partial charge >= 0.3 is 0 Å². The third kappa shape index (κ3) is 2.37. The largest absolute Gasteiger partial charge is 0.378 e. The number of imide groups is 1. The predicted molar refractivity (Wildman–Crippen MR) is 52.3 cm³/mol. The normalized spacial score (nSPS) is 26.5. The fourth-order valence-corrected chi connectivity index (χ4v) is 1.74. The number of carbonyl (C=O) groups is 3. The van der Waals surface area contributed by atoms with Crippen LogP contribution in [0.2, 0.25) is 0 Å². The Kier molecular flexibility index (Phi) is 3.16. The van der Waals surface area contributed by atoms with Crippen molar-refractivity contribution in [2.75, 3.05) is 32.8 Å². The number of rotatable bonds is 1. The van der Waals surface area contributed by atoms with Gasteiger partial charge in [-0.2, -0.15) is 0 Å². The van der Waals surface area contributed by atoms with Crippen molar-refractivity contribution < 1.29 is 19.1 Å². The summed E-state index contributed by atoms with van der Waals surface area (Å²) >= 11 is 0. The van der Waals surface area contributed by atoms with Crippen LogP contribution in [0.5, 0.6) is 0 Å². The van der Waals surface area contributed by atoms with Gasteiger partial charge in [0.25, 0.3) is 0 Å². The van der Waals surface area contributed by atoms with Crippen molar-refractivity contribution in [2.45, 2.75) is 6.04 Å². The van der Waals surface area contributed by atoms with E-state index in [-0.39, 0.29) is 25.6 Å². The van der Waals surface area contributed by atoms with Crippen molar-refractivity contribution in [3.05, 3.63) is 0 Å². The zero-order chi connectivity index (χ0) is 11.5. The molecule has 0 spiro atoms. The Morgan fingerprint density at radius 3 is 2.56 bits per heavy atom. The van der Waals surface area contributed by atoms with Crippen LogP contribution < -0.4 is 10.6 Å². The zero-order valence-corrected chi connectivity index (χ0v) is 8.69. The molecule has 0 bridgehead atoms. The molecule has 2 aliphatic rings. The molecule has 2 heterocycles. The van der Waals surface area contributed by atoms with Crippen LogP contribution in [0.3, 0.4) is 0 Å². The summed E-state index contributed by atoms with van der Waals surface area (Å²) < 4.78 is 5.15. The molecule has 16 heavy (non-hydrogen) atoms. The summed E-state index contributed by atoms with van der Waals surface area (Å²) in [4.78, 5) is 35.3. The first-order chi connectivity index (χ1) is 7.66. The monoisotopic (exact) mass is 227 g/mol. The van der Waals surface area contributed by atoms with Crippen LogP contribution >= 0.6 is 0 Å². The van der Waals surface area contributed by atoms with E-state index in [0.717, 1.165) is 0 Å². The molecule has 0 aliphatic carbocycles. The number of amides is 3. The molecule has 2 saturated heterocycles. The van der Waals surface area contributed by atoms with Crippen molar-refractivity contribution in [1.82, 2.24) is 15.5 Å². The molecule has 0 aromatic carbocycles. The minimum atomic E-state index is -0.451. The van der Waals surface area contributed by atoms with E-state index in [1.54, 1.807) is 0 Å². The zero-order valence-electron chi connectivity index (χ0n) is 8.69. The van der Waals surface area contributed by atoms with E-state index < -0.39 is 17.9 Å². The quantitative estimate of drug-likeness (QED) is 0.482. The fourth-order valence-electron chi connectivity index (χ4n) is 1.74. The molecule has 0 radical (unpaired) electrons. The van der Waals surface area contributed by atoms with E-state index in [1.807, 2.05) is 0 Å². The van der Waals surface area contributed by atoms with E-state index >= 15 is 0 Å². The van der Waals surface area contributed by atoms with E-state index in [0.29, 0.717) is 13.2 Å². The first-order valence-corrected chi connectivity index (χ1v) is 5.09. The summed E-state index contributed by atoms with van der Waals surface area (Å²) in [6.07, 6.45) is 0. The van der Waals surface area contributed by atoms with Crippen LogP contribution in [0.4, 0.5) is 0 Å². The smallest absolute Gasteiger partial charge is 0.246 e. The summed E-state index contributed by atoms with van der Waals surface area (Å²) in [5.41, 5.74) is 0. The molecule has 2 N–H and O–H groups in total. The van der Waals surface area contributed by atoms with E-state index in [9.17, 15) is 14.4 Å². The molecule has 1 unspecified atom stereocenters. The summed E-state index contributed by atoms with van der Waals surface area (Å²) in [5, 5.41) is 5.13. The second-order valence-corrected chi connectivity index (χ2v) is 3.75. The van der Waals surface area contributed by atoms with Gasteiger partial charge in [-0.1, -0.05) is 0 Å². The van der Waals surface area contributed by atoms with E-state index in [1.165, 1.54) is 4.90 Å². The molecule has 0 aromatic rings. The van der Waals surface area contributed by atoms with Crippen LogP contribution in [0.1, 0.15) is 0 Å². The van der Waals surface area contributed by atoms with Gasteiger partial charge < -0.3 is 15.0 Å². The Hall–Kier alpha value is -1.47. The Morgan fingerprint density at radius 2 is 2.00 bits per heavy atom. The standard InChI is InChI=1S/C9H13N3O4/c13-7-3-12(4-8(14)11-7)9(15)6-5-16-2-1-10-6/h6,10H,1-5H2,(H,11,13,14). The number of ether oxygens (including phenoxy) is 1. The highest BCUT2D eigenvalue weighted by Gasteiger charge is 2.31. The van der Waals surface area contributed by atoms with Gasteiger partial charge in [-0.05, 0) is 0 Å². The van der Waals surface area contributed by atoms with Crippen molar-refractivity contribution in [2.24, 2.45) is 0 Å². The molecule has 7 nitrogen and oxygen atoms in total. The highest BCUT2D eigenvalue weighted by Crippen LogP contribution is 2.02. The third-order valence-electron chi connectivity index (χ3n) is 2.48. The minimum absolute atomic E-state index is 0.0667. The van der Waals surface area contributed by atoms with Crippen molar-refractivity contribution in [3.8, 4) is 0 Å². The first-order valence-electron chi connectivity index (χ1n) is 5.09. The second kappa shape index (κ2) is 4.58. The number of hydrogen-bond acceptors (Lipinski definition) is 5. The number of hydrogen-bond donors (Lipinski definition) is 2. The number of carbonyl (C=O) groups excluding carboxylic acids is 3. The molecule has 1 atom stereocenters. The first kappa shape index (κ1) is 11.0. The van der Waals surface area contributed by atoms with E-state index in [4.69, 9.17) is 4.74 Å². The van der Waals surface area contributed by atoms with Gasteiger partial charge in [-0.15, -0.1) is 0 Å². The van der Waals surface area contributed by atoms with Crippen LogP contribution in [0, 0.1) is 0 Å². The maximum Gasteiger partial charge on any atom is 0.246 e. The Labute approximate surface area is 92.1 Å². The topological polar surface area (TPSA) is 87.7 Å². The van der Waals surface area contributed by atoms with Gasteiger partial charge in [-0.25, -0.2) is 0 Å². The Morgan fingerprint density at radius 1 is 1.31 bits per heavy atom. The van der Waals surface area contributed by atoms with E-state index in [2.05, 4.69) is 10.6 Å². The average molecular weight is 227 g/mol. The molecule has 2 fully saturated rings. The van der Waals surface area contributed by atoms with Crippen molar-refractivity contribution in [1.29, 1.82) is 0 Å². The summed E-state index contributed by atoms with van der Waals surface area (Å²) in [6, 6.07) is -0.451. The van der Waals surface area contributed by atoms with Crippen molar-refractivity contribution in [3.63, 3.8) is 0 Å². The van der Waals surface area contributed by atoms with Crippen molar-refractivity contribution >= 4 is 17.7 Å². The predicted octanol–water partition coefficient (Wildman–Crippen LogP) is -2.54. The van der Waals surface area contributed by atoms with Gasteiger partial charge in [0.05, 0.1) is 13.2 Å². The Balaban J connectivity index is 1.97. The molecular weight excluding hydrogens is 214 g/mol. The van der Waals surface area contributed by atoms with Gasteiger partial charge in [-0.3, -0.25) is 19.7 Å². The molecule has 0 aromatic heterocycles. The third-order valence-corrected chi connectivity index (χ3v) is 2.48. The van der Waals surface area contributed by atoms with Gasteiger partial charge in [0.1, 0.15) is 19.1 Å². The summed E-state index contributed by atoms with van der Waals surface area (Å²) in [5.74, 6) is -1.15. The maximum atomic E-state index is 11.9. The molecule has 7 heteroatoms. The number of piperazine rings is 1. The summed E-state index contributed by atoms with van der Waals surface area (Å²) in [6.45, 7) is 1.32. The molecule has 0 saturated carbocycles. The number of morpholine rings is 1. The highest BCUT2D eigenvalue weighted by molar-refractivity contribution is 6.03. The lowest BCUT2D eigenvalue weighted by molar-refractivity contribution is -0.148. The number of nitrogens with zero attached hydrogens (tertiary/aromatic N) is 1.